The van der Waals surface area contributed by atoms with Gasteiger partial charge in [0.05, 0.1) is 12.7 Å². The third kappa shape index (κ3) is 3.67. The van der Waals surface area contributed by atoms with E-state index >= 15 is 0 Å². The molecular weight excluding hydrogens is 253 g/mol. The summed E-state index contributed by atoms with van der Waals surface area (Å²) in [6, 6.07) is 4.19. The molecule has 104 valence electrons. The number of amides is 1. The van der Waals surface area contributed by atoms with Crippen molar-refractivity contribution >= 4 is 11.9 Å². The van der Waals surface area contributed by atoms with Crippen LogP contribution < -0.4 is 4.74 Å². The van der Waals surface area contributed by atoms with Crippen LogP contribution in [0.25, 0.3) is 0 Å². The van der Waals surface area contributed by atoms with E-state index in [-0.39, 0.29) is 17.9 Å². The smallest absolute Gasteiger partial charge is 0.323 e. The molecule has 1 N–H and O–H groups in total. The fraction of sp³-hybridized carbons (Fsp3) is 0.385. The molecule has 0 radical (unpaired) electrons. The number of nitrogens with zero attached hydrogens (tertiary/aromatic N) is 1. The summed E-state index contributed by atoms with van der Waals surface area (Å²) in [5.74, 6) is -2.61. The molecule has 0 heterocycles. The molecule has 0 aliphatic heterocycles. The van der Waals surface area contributed by atoms with Crippen molar-refractivity contribution in [2.45, 2.75) is 13.3 Å². The number of hydrogen-bond acceptors (Lipinski definition) is 3. The zero-order valence-corrected chi connectivity index (χ0v) is 10.9. The molecule has 0 aromatic heterocycles. The van der Waals surface area contributed by atoms with Crippen LogP contribution in [0.4, 0.5) is 4.39 Å². The Bertz CT molecular complexity index is 476. The molecule has 1 rings (SSSR count). The second-order valence-electron chi connectivity index (χ2n) is 3.94. The van der Waals surface area contributed by atoms with E-state index in [2.05, 4.69) is 0 Å². The van der Waals surface area contributed by atoms with Crippen molar-refractivity contribution < 1.29 is 23.8 Å². The Morgan fingerprint density at radius 1 is 1.42 bits per heavy atom. The lowest BCUT2D eigenvalue weighted by Crippen LogP contribution is -2.36. The molecule has 0 bridgehead atoms. The fourth-order valence-corrected chi connectivity index (χ4v) is 1.69. The number of carbonyl (C=O) groups is 2. The first-order valence-electron chi connectivity index (χ1n) is 5.84. The van der Waals surface area contributed by atoms with Gasteiger partial charge in [-0.1, -0.05) is 13.0 Å². The Hall–Kier alpha value is -2.11. The third-order valence-corrected chi connectivity index (χ3v) is 2.52. The second kappa shape index (κ2) is 6.72. The summed E-state index contributed by atoms with van der Waals surface area (Å²) in [6.45, 7) is 1.61. The van der Waals surface area contributed by atoms with E-state index in [9.17, 15) is 14.0 Å². The lowest BCUT2D eigenvalue weighted by atomic mass is 10.1. The van der Waals surface area contributed by atoms with Crippen molar-refractivity contribution in [3.05, 3.63) is 29.6 Å². The largest absolute Gasteiger partial charge is 0.494 e. The van der Waals surface area contributed by atoms with Crippen molar-refractivity contribution in [3.8, 4) is 5.75 Å². The number of rotatable bonds is 6. The zero-order chi connectivity index (χ0) is 14.4. The van der Waals surface area contributed by atoms with E-state index in [1.807, 2.05) is 6.92 Å². The quantitative estimate of drug-likeness (QED) is 0.854. The van der Waals surface area contributed by atoms with Crippen LogP contribution in [0.15, 0.2) is 18.2 Å². The second-order valence-corrected chi connectivity index (χ2v) is 3.94. The van der Waals surface area contributed by atoms with Gasteiger partial charge in [0.2, 0.25) is 0 Å². The standard InChI is InChI=1S/C13H16FNO4/c1-3-7-15(8-11(16)17)13(18)9-5-4-6-10(19-2)12(9)14/h4-6H,3,7-8H2,1-2H3,(H,16,17). The fourth-order valence-electron chi connectivity index (χ4n) is 1.69. The summed E-state index contributed by atoms with van der Waals surface area (Å²) in [7, 11) is 1.30. The average Bonchev–Trinajstić information content (AvgIpc) is 2.37. The summed E-state index contributed by atoms with van der Waals surface area (Å²) >= 11 is 0. The molecule has 0 saturated carbocycles. The van der Waals surface area contributed by atoms with Gasteiger partial charge in [-0.05, 0) is 18.6 Å². The number of methoxy groups -OCH3 is 1. The normalized spacial score (nSPS) is 10.1. The van der Waals surface area contributed by atoms with Crippen LogP contribution >= 0.6 is 0 Å². The van der Waals surface area contributed by atoms with Gasteiger partial charge in [0.25, 0.3) is 5.91 Å². The Morgan fingerprint density at radius 3 is 2.63 bits per heavy atom. The van der Waals surface area contributed by atoms with E-state index in [1.165, 1.54) is 25.3 Å². The van der Waals surface area contributed by atoms with Gasteiger partial charge in [0.15, 0.2) is 11.6 Å². The lowest BCUT2D eigenvalue weighted by Gasteiger charge is -2.20. The van der Waals surface area contributed by atoms with Crippen LogP contribution in [-0.2, 0) is 4.79 Å². The van der Waals surface area contributed by atoms with Gasteiger partial charge in [-0.3, -0.25) is 9.59 Å². The van der Waals surface area contributed by atoms with E-state index in [4.69, 9.17) is 9.84 Å². The number of hydrogen-bond donors (Lipinski definition) is 1. The molecule has 1 aromatic rings. The van der Waals surface area contributed by atoms with Crippen LogP contribution in [0, 0.1) is 5.82 Å². The predicted molar refractivity (Wildman–Crippen MR) is 66.8 cm³/mol. The summed E-state index contributed by atoms with van der Waals surface area (Å²) in [4.78, 5) is 23.9. The summed E-state index contributed by atoms with van der Waals surface area (Å²) in [5, 5.41) is 8.76. The highest BCUT2D eigenvalue weighted by molar-refractivity contribution is 5.96. The highest BCUT2D eigenvalue weighted by Crippen LogP contribution is 2.21. The number of halogens is 1. The molecule has 0 atom stereocenters. The summed E-state index contributed by atoms with van der Waals surface area (Å²) < 4.78 is 18.7. The number of carbonyl (C=O) groups excluding carboxylic acids is 1. The topological polar surface area (TPSA) is 66.8 Å². The predicted octanol–water partition coefficient (Wildman–Crippen LogP) is 1.77. The zero-order valence-electron chi connectivity index (χ0n) is 10.9. The highest BCUT2D eigenvalue weighted by atomic mass is 19.1. The summed E-state index contributed by atoms with van der Waals surface area (Å²) in [5.41, 5.74) is -0.186. The number of ether oxygens (including phenoxy) is 1. The molecule has 1 amide bonds. The Kier molecular flexibility index (Phi) is 5.29. The molecule has 1 aromatic carbocycles. The first-order valence-corrected chi connectivity index (χ1v) is 5.84. The maximum Gasteiger partial charge on any atom is 0.323 e. The molecule has 5 nitrogen and oxygen atoms in total. The van der Waals surface area contributed by atoms with Gasteiger partial charge < -0.3 is 14.7 Å². The minimum Gasteiger partial charge on any atom is -0.494 e. The number of benzene rings is 1. The van der Waals surface area contributed by atoms with Crippen LogP contribution in [-0.4, -0.2) is 42.1 Å². The highest BCUT2D eigenvalue weighted by Gasteiger charge is 2.22. The van der Waals surface area contributed by atoms with E-state index in [0.717, 1.165) is 4.90 Å². The monoisotopic (exact) mass is 269 g/mol. The first-order chi connectivity index (χ1) is 9.01. The number of carboxylic acids is 1. The van der Waals surface area contributed by atoms with Gasteiger partial charge in [-0.15, -0.1) is 0 Å². The SMILES string of the molecule is CCCN(CC(=O)O)C(=O)c1cccc(OC)c1F. The molecule has 0 spiro atoms. The molecule has 0 unspecified atom stereocenters. The molecule has 19 heavy (non-hydrogen) atoms. The lowest BCUT2D eigenvalue weighted by molar-refractivity contribution is -0.137. The molecule has 0 saturated heterocycles. The number of aliphatic carboxylic acids is 1. The minimum absolute atomic E-state index is 0.0439. The van der Waals surface area contributed by atoms with Crippen molar-refractivity contribution in [1.29, 1.82) is 0 Å². The van der Waals surface area contributed by atoms with Crippen LogP contribution in [0.5, 0.6) is 5.75 Å². The first kappa shape index (κ1) is 14.9. The Morgan fingerprint density at radius 2 is 2.11 bits per heavy atom. The van der Waals surface area contributed by atoms with Gasteiger partial charge in [-0.2, -0.15) is 0 Å². The number of carboxylic acid groups (broad SMARTS) is 1. The molecule has 0 aliphatic carbocycles. The Labute approximate surface area is 110 Å². The Balaban J connectivity index is 3.05. The van der Waals surface area contributed by atoms with Crippen molar-refractivity contribution in [3.63, 3.8) is 0 Å². The van der Waals surface area contributed by atoms with Crippen molar-refractivity contribution in [1.82, 2.24) is 4.90 Å². The molecule has 0 aliphatic rings. The average molecular weight is 269 g/mol. The maximum atomic E-state index is 13.9. The van der Waals surface area contributed by atoms with Gasteiger partial charge in [0, 0.05) is 6.54 Å². The van der Waals surface area contributed by atoms with E-state index < -0.39 is 24.2 Å². The van der Waals surface area contributed by atoms with Gasteiger partial charge in [-0.25, -0.2) is 4.39 Å². The molecular formula is C13H16FNO4. The van der Waals surface area contributed by atoms with Crippen molar-refractivity contribution in [2.75, 3.05) is 20.2 Å². The van der Waals surface area contributed by atoms with Crippen LogP contribution in [0.3, 0.4) is 0 Å². The third-order valence-electron chi connectivity index (χ3n) is 2.52. The van der Waals surface area contributed by atoms with E-state index in [1.54, 1.807) is 0 Å². The molecule has 6 heteroatoms. The van der Waals surface area contributed by atoms with Crippen LogP contribution in [0.1, 0.15) is 23.7 Å². The maximum absolute atomic E-state index is 13.9. The van der Waals surface area contributed by atoms with E-state index in [0.29, 0.717) is 6.42 Å². The van der Waals surface area contributed by atoms with Gasteiger partial charge >= 0.3 is 5.97 Å². The van der Waals surface area contributed by atoms with Crippen molar-refractivity contribution in [2.24, 2.45) is 0 Å². The van der Waals surface area contributed by atoms with Crippen LogP contribution in [0.2, 0.25) is 0 Å². The molecule has 0 fully saturated rings. The van der Waals surface area contributed by atoms with Gasteiger partial charge in [0.1, 0.15) is 6.54 Å². The summed E-state index contributed by atoms with van der Waals surface area (Å²) in [6.07, 6.45) is 0.588. The minimum atomic E-state index is -1.13.